The van der Waals surface area contributed by atoms with Crippen molar-refractivity contribution in [2.24, 2.45) is 49.7 Å². The van der Waals surface area contributed by atoms with Gasteiger partial charge in [0.05, 0.1) is 11.0 Å². The second kappa shape index (κ2) is 6.43. The standard InChI is InChI=1S/C31H39NO4/c1-25(2)7-10-30(24(35)36)11-8-27(4)22(19(30)15-25)20(33)13-21-26(27,3)9-12-31-17-29(31,6)23(34)18(16-32)14-28(21,31)5/h13-14,19,22H,7-12,15,17H2,1-6H3,(H,35,36)/t19?,22?,26-,27-,28-,29?,30+,31+/m1/s1. The van der Waals surface area contributed by atoms with E-state index in [4.69, 9.17) is 0 Å². The molecule has 0 aromatic heterocycles. The Balaban J connectivity index is 1.55. The lowest BCUT2D eigenvalue weighted by molar-refractivity contribution is -0.188. The van der Waals surface area contributed by atoms with E-state index in [1.54, 1.807) is 0 Å². The van der Waals surface area contributed by atoms with E-state index in [0.29, 0.717) is 19.3 Å². The first kappa shape index (κ1) is 24.1. The molecule has 6 rings (SSSR count). The smallest absolute Gasteiger partial charge is 0.309 e. The third kappa shape index (κ3) is 2.33. The average Bonchev–Trinajstić information content (AvgIpc) is 3.44. The van der Waals surface area contributed by atoms with E-state index in [1.807, 2.05) is 19.1 Å². The van der Waals surface area contributed by atoms with Gasteiger partial charge >= 0.3 is 5.97 Å². The van der Waals surface area contributed by atoms with Gasteiger partial charge in [0, 0.05) is 16.7 Å². The van der Waals surface area contributed by atoms with E-state index in [0.717, 1.165) is 37.7 Å². The van der Waals surface area contributed by atoms with Crippen molar-refractivity contribution in [3.05, 3.63) is 23.3 Å². The maximum absolute atomic E-state index is 14.3. The van der Waals surface area contributed by atoms with Crippen LogP contribution in [0.4, 0.5) is 0 Å². The number of nitrogens with zero attached hydrogens (tertiary/aromatic N) is 1. The Hall–Kier alpha value is -2.22. The minimum absolute atomic E-state index is 0.0135. The molecule has 5 heteroatoms. The number of Topliss-reactive ketones (excluding diaryl/α,β-unsaturated/α-hetero) is 1. The third-order valence-electron chi connectivity index (χ3n) is 13.3. The Morgan fingerprint density at radius 3 is 2.28 bits per heavy atom. The number of nitriles is 1. The van der Waals surface area contributed by atoms with Gasteiger partial charge in [0.2, 0.25) is 0 Å². The van der Waals surface area contributed by atoms with Crippen LogP contribution in [0.25, 0.3) is 0 Å². The first-order valence-corrected chi connectivity index (χ1v) is 13.8. The number of fused-ring (bicyclic) bond motifs is 6. The van der Waals surface area contributed by atoms with Crippen LogP contribution in [0.1, 0.15) is 92.9 Å². The molecule has 0 saturated heterocycles. The van der Waals surface area contributed by atoms with Crippen LogP contribution in [0.5, 0.6) is 0 Å². The maximum atomic E-state index is 14.3. The van der Waals surface area contributed by atoms with Crippen molar-refractivity contribution < 1.29 is 19.5 Å². The van der Waals surface area contributed by atoms with Crippen molar-refractivity contribution >= 4 is 17.5 Å². The molecular formula is C31H39NO4. The summed E-state index contributed by atoms with van der Waals surface area (Å²) in [6.07, 6.45) is 9.93. The maximum Gasteiger partial charge on any atom is 0.309 e. The van der Waals surface area contributed by atoms with E-state index in [2.05, 4.69) is 40.7 Å². The van der Waals surface area contributed by atoms with Gasteiger partial charge in [0.1, 0.15) is 6.07 Å². The number of carbonyl (C=O) groups excluding carboxylic acids is 2. The fourth-order valence-corrected chi connectivity index (χ4v) is 10.7. The number of hydrogen-bond donors (Lipinski definition) is 1. The molecule has 0 aliphatic heterocycles. The molecule has 192 valence electrons. The third-order valence-corrected chi connectivity index (χ3v) is 13.3. The molecule has 1 N–H and O–H groups in total. The van der Waals surface area contributed by atoms with Crippen LogP contribution < -0.4 is 0 Å². The molecule has 5 nitrogen and oxygen atoms in total. The molecule has 4 fully saturated rings. The Kier molecular flexibility index (Phi) is 4.31. The van der Waals surface area contributed by atoms with Crippen LogP contribution in [-0.2, 0) is 14.4 Å². The molecule has 0 amide bonds. The number of rotatable bonds is 1. The molecule has 0 aromatic rings. The SMILES string of the molecule is CC1(C)CC[C@]2(C(=O)O)CC[C@]3(C)C(C(=O)C=C4[C@@]5(C)C=C(C#N)C(=O)C6(C)C[C@]65CC[C@]43C)C2C1. The van der Waals surface area contributed by atoms with Crippen LogP contribution in [0.15, 0.2) is 23.3 Å². The molecule has 4 saturated carbocycles. The quantitative estimate of drug-likeness (QED) is 0.484. The normalized spacial score (nSPS) is 52.2. The van der Waals surface area contributed by atoms with Crippen LogP contribution in [-0.4, -0.2) is 22.6 Å². The molecular weight excluding hydrogens is 450 g/mol. The van der Waals surface area contributed by atoms with Gasteiger partial charge in [0.15, 0.2) is 11.6 Å². The summed E-state index contributed by atoms with van der Waals surface area (Å²) in [5.41, 5.74) is -1.43. The molecule has 0 heterocycles. The van der Waals surface area contributed by atoms with Crippen molar-refractivity contribution in [1.29, 1.82) is 5.26 Å². The molecule has 8 atom stereocenters. The van der Waals surface area contributed by atoms with Gasteiger partial charge < -0.3 is 5.11 Å². The van der Waals surface area contributed by atoms with Gasteiger partial charge in [-0.15, -0.1) is 0 Å². The zero-order valence-corrected chi connectivity index (χ0v) is 22.6. The minimum Gasteiger partial charge on any atom is -0.481 e. The molecule has 6 aliphatic rings. The highest BCUT2D eigenvalue weighted by atomic mass is 16.4. The highest BCUT2D eigenvalue weighted by Crippen LogP contribution is 2.85. The first-order valence-electron chi connectivity index (χ1n) is 13.8. The van der Waals surface area contributed by atoms with Crippen LogP contribution in [0.3, 0.4) is 0 Å². The Bertz CT molecular complexity index is 1250. The summed E-state index contributed by atoms with van der Waals surface area (Å²) in [6, 6.07) is 2.17. The molecule has 0 aromatic carbocycles. The number of carboxylic acid groups (broad SMARTS) is 1. The van der Waals surface area contributed by atoms with Gasteiger partial charge in [-0.1, -0.05) is 47.6 Å². The van der Waals surface area contributed by atoms with E-state index in [1.165, 1.54) is 0 Å². The number of carbonyl (C=O) groups is 3. The van der Waals surface area contributed by atoms with Crippen molar-refractivity contribution in [3.63, 3.8) is 0 Å². The number of ketones is 2. The molecule has 6 aliphatic carbocycles. The fourth-order valence-electron chi connectivity index (χ4n) is 10.7. The van der Waals surface area contributed by atoms with E-state index < -0.39 is 22.2 Å². The molecule has 36 heavy (non-hydrogen) atoms. The summed E-state index contributed by atoms with van der Waals surface area (Å²) >= 11 is 0. The van der Waals surface area contributed by atoms with Gasteiger partial charge in [-0.3, -0.25) is 14.4 Å². The van der Waals surface area contributed by atoms with Gasteiger partial charge in [-0.2, -0.15) is 5.26 Å². The first-order chi connectivity index (χ1) is 16.6. The van der Waals surface area contributed by atoms with Gasteiger partial charge in [-0.05, 0) is 90.6 Å². The zero-order valence-electron chi connectivity index (χ0n) is 22.6. The monoisotopic (exact) mass is 489 g/mol. The summed E-state index contributed by atoms with van der Waals surface area (Å²) in [5, 5.41) is 20.3. The summed E-state index contributed by atoms with van der Waals surface area (Å²) in [6.45, 7) is 13.2. The topological polar surface area (TPSA) is 95.2 Å². The zero-order chi connectivity index (χ0) is 26.3. The number of carboxylic acids is 1. The van der Waals surface area contributed by atoms with Crippen molar-refractivity contribution in [3.8, 4) is 6.07 Å². The largest absolute Gasteiger partial charge is 0.481 e. The Morgan fingerprint density at radius 2 is 1.64 bits per heavy atom. The lowest BCUT2D eigenvalue weighted by atomic mass is 9.34. The second-order valence-electron chi connectivity index (χ2n) is 14.9. The summed E-state index contributed by atoms with van der Waals surface area (Å²) < 4.78 is 0. The van der Waals surface area contributed by atoms with Crippen molar-refractivity contribution in [2.75, 3.05) is 0 Å². The van der Waals surface area contributed by atoms with Crippen LogP contribution in [0, 0.1) is 61.1 Å². The van der Waals surface area contributed by atoms with E-state index >= 15 is 0 Å². The minimum atomic E-state index is -0.822. The van der Waals surface area contributed by atoms with Crippen molar-refractivity contribution in [2.45, 2.75) is 92.9 Å². The predicted molar refractivity (Wildman–Crippen MR) is 134 cm³/mol. The van der Waals surface area contributed by atoms with Crippen LogP contribution >= 0.6 is 0 Å². The highest BCUT2D eigenvalue weighted by molar-refractivity contribution is 6.08. The number of aliphatic carboxylic acids is 1. The second-order valence-corrected chi connectivity index (χ2v) is 14.9. The summed E-state index contributed by atoms with van der Waals surface area (Å²) in [7, 11) is 0. The molecule has 0 radical (unpaired) electrons. The highest BCUT2D eigenvalue weighted by Gasteiger charge is 2.81. The Morgan fingerprint density at radius 1 is 0.972 bits per heavy atom. The number of allylic oxidation sites excluding steroid dienone is 4. The number of hydrogen-bond acceptors (Lipinski definition) is 4. The molecule has 0 bridgehead atoms. The fraction of sp³-hybridized carbons (Fsp3) is 0.742. The van der Waals surface area contributed by atoms with Gasteiger partial charge in [0.25, 0.3) is 0 Å². The summed E-state index contributed by atoms with van der Waals surface area (Å²) in [5.74, 6) is -1.18. The lowest BCUT2D eigenvalue weighted by Crippen LogP contribution is -2.65. The average molecular weight is 490 g/mol. The van der Waals surface area contributed by atoms with Crippen LogP contribution in [0.2, 0.25) is 0 Å². The molecule has 3 unspecified atom stereocenters. The van der Waals surface area contributed by atoms with E-state index in [9.17, 15) is 24.8 Å². The lowest BCUT2D eigenvalue weighted by Gasteiger charge is -2.68. The predicted octanol–water partition coefficient (Wildman–Crippen LogP) is 6.04. The van der Waals surface area contributed by atoms with Gasteiger partial charge in [-0.25, -0.2) is 0 Å². The van der Waals surface area contributed by atoms with Crippen molar-refractivity contribution in [1.82, 2.24) is 0 Å². The molecule has 1 spiro atoms. The summed E-state index contributed by atoms with van der Waals surface area (Å²) in [4.78, 5) is 40.3. The van der Waals surface area contributed by atoms with E-state index in [-0.39, 0.29) is 50.6 Å². The Labute approximate surface area is 214 Å².